The summed E-state index contributed by atoms with van der Waals surface area (Å²) < 4.78 is 19.5. The standard InChI is InChI=1S/C24H34FNO2/c1-6-8-9-10-20-22(18-11-13-19(25)14-12-18)21(15-27)23(16(3)4)26-24(20)17(5)28-7-2/h11-14,16-17,27H,6-10,15H2,1-5H3. The van der Waals surface area contributed by atoms with Crippen LogP contribution in [0.15, 0.2) is 24.3 Å². The van der Waals surface area contributed by atoms with Gasteiger partial charge in [-0.3, -0.25) is 4.98 Å². The summed E-state index contributed by atoms with van der Waals surface area (Å²) in [5, 5.41) is 10.2. The van der Waals surface area contributed by atoms with Gasteiger partial charge in [0.05, 0.1) is 18.4 Å². The zero-order valence-electron chi connectivity index (χ0n) is 17.9. The van der Waals surface area contributed by atoms with Gasteiger partial charge in [-0.1, -0.05) is 45.7 Å². The summed E-state index contributed by atoms with van der Waals surface area (Å²) in [4.78, 5) is 4.98. The van der Waals surface area contributed by atoms with E-state index in [9.17, 15) is 9.50 Å². The molecule has 2 aromatic rings. The van der Waals surface area contributed by atoms with Gasteiger partial charge in [0.1, 0.15) is 5.82 Å². The number of nitrogens with zero attached hydrogens (tertiary/aromatic N) is 1. The van der Waals surface area contributed by atoms with Crippen molar-refractivity contribution >= 4 is 0 Å². The molecule has 0 bridgehead atoms. The zero-order valence-corrected chi connectivity index (χ0v) is 17.9. The number of benzene rings is 1. The van der Waals surface area contributed by atoms with Crippen LogP contribution in [0.1, 0.15) is 88.4 Å². The van der Waals surface area contributed by atoms with Gasteiger partial charge in [-0.25, -0.2) is 4.39 Å². The van der Waals surface area contributed by atoms with Crippen molar-refractivity contribution in [1.82, 2.24) is 4.98 Å². The number of rotatable bonds is 10. The van der Waals surface area contributed by atoms with E-state index in [0.717, 1.165) is 59.3 Å². The van der Waals surface area contributed by atoms with E-state index >= 15 is 0 Å². The molecule has 0 aliphatic carbocycles. The molecule has 0 saturated carbocycles. The lowest BCUT2D eigenvalue weighted by atomic mass is 9.86. The molecule has 3 nitrogen and oxygen atoms in total. The molecule has 1 unspecified atom stereocenters. The van der Waals surface area contributed by atoms with E-state index in [-0.39, 0.29) is 24.4 Å². The third-order valence-corrected chi connectivity index (χ3v) is 5.13. The first-order chi connectivity index (χ1) is 13.4. The van der Waals surface area contributed by atoms with Crippen molar-refractivity contribution in [3.63, 3.8) is 0 Å². The van der Waals surface area contributed by atoms with Crippen LogP contribution in [0.5, 0.6) is 0 Å². The summed E-state index contributed by atoms with van der Waals surface area (Å²) >= 11 is 0. The van der Waals surface area contributed by atoms with Crippen LogP contribution in [-0.2, 0) is 17.8 Å². The predicted molar refractivity (Wildman–Crippen MR) is 113 cm³/mol. The van der Waals surface area contributed by atoms with Gasteiger partial charge in [-0.05, 0) is 61.4 Å². The van der Waals surface area contributed by atoms with Gasteiger partial charge in [0.2, 0.25) is 0 Å². The van der Waals surface area contributed by atoms with Crippen molar-refractivity contribution in [3.05, 3.63) is 52.6 Å². The molecule has 0 radical (unpaired) electrons. The second kappa shape index (κ2) is 10.7. The van der Waals surface area contributed by atoms with Crippen molar-refractivity contribution < 1.29 is 14.2 Å². The van der Waals surface area contributed by atoms with Crippen LogP contribution in [0.25, 0.3) is 11.1 Å². The van der Waals surface area contributed by atoms with E-state index in [2.05, 4.69) is 20.8 Å². The molecule has 2 rings (SSSR count). The van der Waals surface area contributed by atoms with Crippen molar-refractivity contribution in [2.45, 2.75) is 78.9 Å². The van der Waals surface area contributed by atoms with Crippen LogP contribution in [0.4, 0.5) is 4.39 Å². The average molecular weight is 388 g/mol. The van der Waals surface area contributed by atoms with E-state index in [1.54, 1.807) is 12.1 Å². The van der Waals surface area contributed by atoms with Crippen LogP contribution >= 0.6 is 0 Å². The van der Waals surface area contributed by atoms with Gasteiger partial charge in [-0.2, -0.15) is 0 Å². The summed E-state index contributed by atoms with van der Waals surface area (Å²) in [6.45, 7) is 10.9. The Bertz CT molecular complexity index is 756. The normalized spacial score (nSPS) is 12.6. The lowest BCUT2D eigenvalue weighted by Gasteiger charge is -2.25. The number of halogens is 1. The van der Waals surface area contributed by atoms with Crippen LogP contribution in [-0.4, -0.2) is 16.7 Å². The number of unbranched alkanes of at least 4 members (excludes halogenated alkanes) is 2. The van der Waals surface area contributed by atoms with Crippen LogP contribution in [0, 0.1) is 5.82 Å². The summed E-state index contributed by atoms with van der Waals surface area (Å²) in [6.07, 6.45) is 4.04. The molecule has 1 N–H and O–H groups in total. The van der Waals surface area contributed by atoms with Crippen molar-refractivity contribution in [3.8, 4) is 11.1 Å². The third-order valence-electron chi connectivity index (χ3n) is 5.13. The van der Waals surface area contributed by atoms with Crippen LogP contribution in [0.3, 0.4) is 0 Å². The van der Waals surface area contributed by atoms with Crippen molar-refractivity contribution in [1.29, 1.82) is 0 Å². The highest BCUT2D eigenvalue weighted by Gasteiger charge is 2.24. The Morgan fingerprint density at radius 1 is 1.00 bits per heavy atom. The quantitative estimate of drug-likeness (QED) is 0.484. The molecule has 28 heavy (non-hydrogen) atoms. The zero-order chi connectivity index (χ0) is 20.7. The SMILES string of the molecule is CCCCCc1c(C(C)OCC)nc(C(C)C)c(CO)c1-c1ccc(F)cc1. The number of hydrogen-bond donors (Lipinski definition) is 1. The molecule has 0 aliphatic rings. The topological polar surface area (TPSA) is 42.4 Å². The number of hydrogen-bond acceptors (Lipinski definition) is 3. The summed E-state index contributed by atoms with van der Waals surface area (Å²) in [6, 6.07) is 6.56. The molecule has 0 amide bonds. The number of pyridine rings is 1. The Morgan fingerprint density at radius 2 is 1.68 bits per heavy atom. The maximum absolute atomic E-state index is 13.6. The number of aliphatic hydroxyl groups excluding tert-OH is 1. The second-order valence-electron chi connectivity index (χ2n) is 7.59. The minimum absolute atomic E-state index is 0.0860. The molecule has 0 spiro atoms. The van der Waals surface area contributed by atoms with Gasteiger partial charge in [0, 0.05) is 17.9 Å². The van der Waals surface area contributed by atoms with E-state index in [1.807, 2.05) is 13.8 Å². The van der Waals surface area contributed by atoms with E-state index in [0.29, 0.717) is 6.61 Å². The summed E-state index contributed by atoms with van der Waals surface area (Å²) in [5.74, 6) is -0.0958. The Kier molecular flexibility index (Phi) is 8.58. The highest BCUT2D eigenvalue weighted by Crippen LogP contribution is 2.37. The maximum Gasteiger partial charge on any atom is 0.123 e. The fraction of sp³-hybridized carbons (Fsp3) is 0.542. The Balaban J connectivity index is 2.78. The average Bonchev–Trinajstić information content (AvgIpc) is 2.68. The highest BCUT2D eigenvalue weighted by atomic mass is 19.1. The van der Waals surface area contributed by atoms with Crippen LogP contribution < -0.4 is 0 Å². The molecule has 0 fully saturated rings. The fourth-order valence-electron chi connectivity index (χ4n) is 3.78. The molecule has 4 heteroatoms. The molecule has 1 aromatic heterocycles. The molecule has 1 heterocycles. The van der Waals surface area contributed by atoms with E-state index in [4.69, 9.17) is 9.72 Å². The van der Waals surface area contributed by atoms with Gasteiger partial charge in [-0.15, -0.1) is 0 Å². The third kappa shape index (κ3) is 5.18. The minimum Gasteiger partial charge on any atom is -0.392 e. The summed E-state index contributed by atoms with van der Waals surface area (Å²) in [7, 11) is 0. The number of aliphatic hydroxyl groups is 1. The van der Waals surface area contributed by atoms with Gasteiger partial charge < -0.3 is 9.84 Å². The highest BCUT2D eigenvalue weighted by molar-refractivity contribution is 5.73. The van der Waals surface area contributed by atoms with E-state index in [1.165, 1.54) is 12.1 Å². The minimum atomic E-state index is -0.261. The molecule has 0 saturated heterocycles. The maximum atomic E-state index is 13.6. The first-order valence-corrected chi connectivity index (χ1v) is 10.5. The lowest BCUT2D eigenvalue weighted by molar-refractivity contribution is 0.0724. The van der Waals surface area contributed by atoms with E-state index < -0.39 is 0 Å². The number of aromatic nitrogens is 1. The Labute approximate surface area is 169 Å². The molecular formula is C24H34FNO2. The molecule has 0 aliphatic heterocycles. The monoisotopic (exact) mass is 387 g/mol. The first-order valence-electron chi connectivity index (χ1n) is 10.5. The van der Waals surface area contributed by atoms with Gasteiger partial charge in [0.25, 0.3) is 0 Å². The van der Waals surface area contributed by atoms with Crippen molar-refractivity contribution in [2.75, 3.05) is 6.61 Å². The second-order valence-corrected chi connectivity index (χ2v) is 7.59. The predicted octanol–water partition coefficient (Wildman–Crippen LogP) is 6.33. The summed E-state index contributed by atoms with van der Waals surface area (Å²) in [5.41, 5.74) is 5.72. The number of ether oxygens (including phenoxy) is 1. The van der Waals surface area contributed by atoms with Crippen LogP contribution in [0.2, 0.25) is 0 Å². The molecule has 154 valence electrons. The molecule has 1 atom stereocenters. The van der Waals surface area contributed by atoms with Crippen molar-refractivity contribution in [2.24, 2.45) is 0 Å². The lowest BCUT2D eigenvalue weighted by Crippen LogP contribution is -2.14. The van der Waals surface area contributed by atoms with Gasteiger partial charge >= 0.3 is 0 Å². The largest absolute Gasteiger partial charge is 0.392 e. The fourth-order valence-corrected chi connectivity index (χ4v) is 3.78. The van der Waals surface area contributed by atoms with Gasteiger partial charge in [0.15, 0.2) is 0 Å². The smallest absolute Gasteiger partial charge is 0.123 e. The first kappa shape index (κ1) is 22.5. The Morgan fingerprint density at radius 3 is 2.21 bits per heavy atom. The molecular weight excluding hydrogens is 353 g/mol. The Hall–Kier alpha value is -1.78. The molecule has 1 aromatic carbocycles.